The van der Waals surface area contributed by atoms with E-state index in [0.29, 0.717) is 18.7 Å². The van der Waals surface area contributed by atoms with E-state index in [1.807, 2.05) is 0 Å². The van der Waals surface area contributed by atoms with Gasteiger partial charge >= 0.3 is 0 Å². The molecule has 0 unspecified atom stereocenters. The average molecular weight is 287 g/mol. The Balaban J connectivity index is 1.96. The van der Waals surface area contributed by atoms with Crippen molar-refractivity contribution < 1.29 is 4.79 Å². The van der Waals surface area contributed by atoms with E-state index in [-0.39, 0.29) is 17.2 Å². The SMILES string of the molecule is Cc1cnc(C(=O)NCCn2cnc(C)c(C)c2=O)cn1. The van der Waals surface area contributed by atoms with Gasteiger partial charge in [0.1, 0.15) is 5.69 Å². The Kier molecular flexibility index (Phi) is 4.42. The lowest BCUT2D eigenvalue weighted by atomic mass is 10.3. The Hall–Kier alpha value is -2.57. The van der Waals surface area contributed by atoms with Crippen LogP contribution in [0.25, 0.3) is 0 Å². The molecule has 0 fully saturated rings. The highest BCUT2D eigenvalue weighted by molar-refractivity contribution is 5.91. The maximum Gasteiger partial charge on any atom is 0.271 e. The van der Waals surface area contributed by atoms with E-state index in [0.717, 1.165) is 11.4 Å². The van der Waals surface area contributed by atoms with E-state index in [2.05, 4.69) is 20.3 Å². The topological polar surface area (TPSA) is 89.8 Å². The molecule has 0 aliphatic rings. The summed E-state index contributed by atoms with van der Waals surface area (Å²) in [6.07, 6.45) is 4.45. The number of rotatable bonds is 4. The van der Waals surface area contributed by atoms with Crippen LogP contribution in [0.4, 0.5) is 0 Å². The standard InChI is InChI=1S/C14H17N5O2/c1-9-6-17-12(7-16-9)13(20)15-4-5-19-8-18-11(3)10(2)14(19)21/h6-8H,4-5H2,1-3H3,(H,15,20). The van der Waals surface area contributed by atoms with Gasteiger partial charge in [0, 0.05) is 30.5 Å². The van der Waals surface area contributed by atoms with Crippen LogP contribution in [0, 0.1) is 20.8 Å². The molecular weight excluding hydrogens is 270 g/mol. The molecular formula is C14H17N5O2. The van der Waals surface area contributed by atoms with E-state index in [1.165, 1.54) is 23.3 Å². The molecule has 7 heteroatoms. The third-order valence-corrected chi connectivity index (χ3v) is 3.17. The number of aromatic nitrogens is 4. The Bertz CT molecular complexity index is 706. The van der Waals surface area contributed by atoms with Crippen LogP contribution in [-0.2, 0) is 6.54 Å². The zero-order valence-electron chi connectivity index (χ0n) is 12.3. The van der Waals surface area contributed by atoms with E-state index < -0.39 is 0 Å². The minimum absolute atomic E-state index is 0.0909. The summed E-state index contributed by atoms with van der Waals surface area (Å²) in [5.41, 5.74) is 2.25. The summed E-state index contributed by atoms with van der Waals surface area (Å²) < 4.78 is 1.48. The molecule has 2 rings (SSSR count). The number of nitrogens with zero attached hydrogens (tertiary/aromatic N) is 4. The first-order valence-electron chi connectivity index (χ1n) is 6.58. The van der Waals surface area contributed by atoms with Crippen LogP contribution in [0.1, 0.15) is 27.4 Å². The third-order valence-electron chi connectivity index (χ3n) is 3.17. The van der Waals surface area contributed by atoms with E-state index in [1.54, 1.807) is 20.8 Å². The minimum Gasteiger partial charge on any atom is -0.349 e. The van der Waals surface area contributed by atoms with E-state index in [4.69, 9.17) is 0 Å². The molecule has 0 saturated heterocycles. The molecule has 1 amide bonds. The predicted octanol–water partition coefficient (Wildman–Crippen LogP) is 0.389. The second-order valence-corrected chi connectivity index (χ2v) is 4.75. The highest BCUT2D eigenvalue weighted by atomic mass is 16.2. The zero-order chi connectivity index (χ0) is 15.4. The minimum atomic E-state index is -0.313. The monoisotopic (exact) mass is 287 g/mol. The highest BCUT2D eigenvalue weighted by Crippen LogP contribution is 1.95. The molecule has 1 N–H and O–H groups in total. The van der Waals surface area contributed by atoms with Crippen LogP contribution in [0.3, 0.4) is 0 Å². The summed E-state index contributed by atoms with van der Waals surface area (Å²) in [5, 5.41) is 2.70. The van der Waals surface area contributed by atoms with Crippen molar-refractivity contribution in [3.05, 3.63) is 51.7 Å². The lowest BCUT2D eigenvalue weighted by molar-refractivity contribution is 0.0946. The lowest BCUT2D eigenvalue weighted by Gasteiger charge is -2.08. The van der Waals surface area contributed by atoms with Gasteiger partial charge in [0.2, 0.25) is 0 Å². The number of carbonyl (C=O) groups is 1. The van der Waals surface area contributed by atoms with Crippen molar-refractivity contribution in [1.82, 2.24) is 24.8 Å². The lowest BCUT2D eigenvalue weighted by Crippen LogP contribution is -2.32. The second-order valence-electron chi connectivity index (χ2n) is 4.75. The molecule has 2 heterocycles. The van der Waals surface area contributed by atoms with E-state index in [9.17, 15) is 9.59 Å². The van der Waals surface area contributed by atoms with Gasteiger partial charge in [-0.25, -0.2) is 9.97 Å². The molecule has 0 spiro atoms. The van der Waals surface area contributed by atoms with Crippen LogP contribution in [-0.4, -0.2) is 32.0 Å². The fourth-order valence-corrected chi connectivity index (χ4v) is 1.73. The Morgan fingerprint density at radius 3 is 2.62 bits per heavy atom. The predicted molar refractivity (Wildman–Crippen MR) is 77.1 cm³/mol. The summed E-state index contributed by atoms with van der Waals surface area (Å²) in [5.74, 6) is -0.313. The molecule has 7 nitrogen and oxygen atoms in total. The average Bonchev–Trinajstić information content (AvgIpc) is 2.48. The Morgan fingerprint density at radius 1 is 1.19 bits per heavy atom. The number of aryl methyl sites for hydroxylation is 2. The molecule has 0 aromatic carbocycles. The summed E-state index contributed by atoms with van der Waals surface area (Å²) in [4.78, 5) is 35.9. The van der Waals surface area contributed by atoms with Crippen LogP contribution < -0.4 is 10.9 Å². The van der Waals surface area contributed by atoms with Crippen molar-refractivity contribution in [2.75, 3.05) is 6.54 Å². The molecule has 0 atom stereocenters. The normalized spacial score (nSPS) is 10.4. The van der Waals surface area contributed by atoms with Crippen molar-refractivity contribution in [2.45, 2.75) is 27.3 Å². The summed E-state index contributed by atoms with van der Waals surface area (Å²) >= 11 is 0. The molecule has 2 aromatic rings. The van der Waals surface area contributed by atoms with Crippen molar-refractivity contribution in [3.63, 3.8) is 0 Å². The first-order valence-corrected chi connectivity index (χ1v) is 6.58. The van der Waals surface area contributed by atoms with Crippen LogP contribution in [0.15, 0.2) is 23.5 Å². The molecule has 0 aliphatic carbocycles. The number of hydrogen-bond acceptors (Lipinski definition) is 5. The number of nitrogens with one attached hydrogen (secondary N) is 1. The Morgan fingerprint density at radius 2 is 1.95 bits per heavy atom. The second kappa shape index (κ2) is 6.25. The van der Waals surface area contributed by atoms with Crippen molar-refractivity contribution in [2.24, 2.45) is 0 Å². The molecule has 2 aromatic heterocycles. The van der Waals surface area contributed by atoms with Gasteiger partial charge in [0.05, 0.1) is 18.2 Å². The fourth-order valence-electron chi connectivity index (χ4n) is 1.73. The van der Waals surface area contributed by atoms with Gasteiger partial charge in [-0.3, -0.25) is 19.1 Å². The summed E-state index contributed by atoms with van der Waals surface area (Å²) in [7, 11) is 0. The fraction of sp³-hybridized carbons (Fsp3) is 0.357. The number of hydrogen-bond donors (Lipinski definition) is 1. The largest absolute Gasteiger partial charge is 0.349 e. The van der Waals surface area contributed by atoms with Gasteiger partial charge in [-0.05, 0) is 20.8 Å². The van der Waals surface area contributed by atoms with Crippen molar-refractivity contribution in [3.8, 4) is 0 Å². The van der Waals surface area contributed by atoms with Gasteiger partial charge in [-0.1, -0.05) is 0 Å². The van der Waals surface area contributed by atoms with Gasteiger partial charge in [0.25, 0.3) is 11.5 Å². The zero-order valence-corrected chi connectivity index (χ0v) is 12.3. The van der Waals surface area contributed by atoms with E-state index >= 15 is 0 Å². The maximum atomic E-state index is 12.0. The van der Waals surface area contributed by atoms with Crippen molar-refractivity contribution in [1.29, 1.82) is 0 Å². The highest BCUT2D eigenvalue weighted by Gasteiger charge is 2.08. The first-order chi connectivity index (χ1) is 9.99. The smallest absolute Gasteiger partial charge is 0.271 e. The van der Waals surface area contributed by atoms with Crippen LogP contribution in [0.2, 0.25) is 0 Å². The molecule has 21 heavy (non-hydrogen) atoms. The van der Waals surface area contributed by atoms with Crippen molar-refractivity contribution >= 4 is 5.91 Å². The van der Waals surface area contributed by atoms with Crippen LogP contribution in [0.5, 0.6) is 0 Å². The van der Waals surface area contributed by atoms with Crippen LogP contribution >= 0.6 is 0 Å². The third kappa shape index (κ3) is 3.50. The molecule has 0 bridgehead atoms. The molecule has 0 saturated carbocycles. The summed E-state index contributed by atoms with van der Waals surface area (Å²) in [6.45, 7) is 6.00. The molecule has 0 radical (unpaired) electrons. The molecule has 0 aliphatic heterocycles. The van der Waals surface area contributed by atoms with Gasteiger partial charge < -0.3 is 5.32 Å². The van der Waals surface area contributed by atoms with Gasteiger partial charge in [-0.15, -0.1) is 0 Å². The quantitative estimate of drug-likeness (QED) is 0.878. The molecule has 110 valence electrons. The summed E-state index contributed by atoms with van der Waals surface area (Å²) in [6, 6.07) is 0. The van der Waals surface area contributed by atoms with Gasteiger partial charge in [-0.2, -0.15) is 0 Å². The number of carbonyl (C=O) groups excluding carboxylic acids is 1. The maximum absolute atomic E-state index is 12.0. The first kappa shape index (κ1) is 14.8. The number of amides is 1. The van der Waals surface area contributed by atoms with Gasteiger partial charge in [0.15, 0.2) is 0 Å². The Labute approximate surface area is 122 Å².